The first kappa shape index (κ1) is 49.3. The summed E-state index contributed by atoms with van der Waals surface area (Å²) in [4.78, 5) is 8.15. The zero-order valence-electron chi connectivity index (χ0n) is 48.5. The minimum Gasteiger partial charge on any atom is -0.456 e. The molecule has 0 spiro atoms. The van der Waals surface area contributed by atoms with Gasteiger partial charge in [0.25, 0.3) is 6.71 Å². The topological polar surface area (TPSA) is 22.9 Å². The third kappa shape index (κ3) is 6.97. The van der Waals surface area contributed by atoms with Crippen molar-refractivity contribution >= 4 is 90.5 Å². The van der Waals surface area contributed by atoms with Gasteiger partial charge in [0.1, 0.15) is 11.2 Å². The minimum atomic E-state index is -0.0872. The van der Waals surface area contributed by atoms with E-state index in [9.17, 15) is 0 Å². The fourth-order valence-electron chi connectivity index (χ4n) is 15.5. The van der Waals surface area contributed by atoms with E-state index in [4.69, 9.17) is 4.42 Å². The lowest BCUT2D eigenvalue weighted by molar-refractivity contribution is 0.195. The average Bonchev–Trinajstić information content (AvgIpc) is 2.38. The van der Waals surface area contributed by atoms with Gasteiger partial charge in [0.05, 0.1) is 11.2 Å². The van der Waals surface area contributed by atoms with Crippen LogP contribution in [0.25, 0.3) is 33.1 Å². The van der Waals surface area contributed by atoms with E-state index in [1.165, 1.54) is 99.3 Å². The number of hydrogen-bond acceptors (Lipinski definition) is 4. The minimum absolute atomic E-state index is 0.00769. The molecule has 0 saturated heterocycles. The van der Waals surface area contributed by atoms with E-state index in [0.717, 1.165) is 45.4 Å². The molecule has 2 atom stereocenters. The van der Waals surface area contributed by atoms with E-state index in [2.05, 4.69) is 256 Å². The Morgan fingerprint density at radius 1 is 0.513 bits per heavy atom. The van der Waals surface area contributed by atoms with Crippen molar-refractivity contribution in [2.45, 2.75) is 161 Å². The first-order chi connectivity index (χ1) is 37.1. The molecule has 5 heteroatoms. The number of nitrogens with zero attached hydrogens (tertiary/aromatic N) is 3. The molecule has 8 aromatic carbocycles. The molecule has 14 rings (SSSR count). The van der Waals surface area contributed by atoms with E-state index < -0.39 is 0 Å². The van der Waals surface area contributed by atoms with Gasteiger partial charge in [0.15, 0.2) is 0 Å². The van der Waals surface area contributed by atoms with Crippen LogP contribution in [0.5, 0.6) is 0 Å². The molecule has 3 aliphatic heterocycles. The number of rotatable bonds is 5. The zero-order valence-corrected chi connectivity index (χ0v) is 48.5. The van der Waals surface area contributed by atoms with Crippen LogP contribution in [0.15, 0.2) is 156 Å². The van der Waals surface area contributed by atoms with E-state index in [-0.39, 0.29) is 39.3 Å². The van der Waals surface area contributed by atoms with Crippen LogP contribution in [0, 0.1) is 6.92 Å². The van der Waals surface area contributed by atoms with Crippen molar-refractivity contribution in [1.29, 1.82) is 0 Å². The monoisotopic (exact) mass is 1020 g/mol. The maximum Gasteiger partial charge on any atom is 0.252 e. The van der Waals surface area contributed by atoms with E-state index >= 15 is 0 Å². The van der Waals surface area contributed by atoms with Crippen LogP contribution in [-0.4, -0.2) is 12.3 Å². The number of aryl methyl sites for hydroxylation is 1. The van der Waals surface area contributed by atoms with Crippen molar-refractivity contribution in [2.24, 2.45) is 0 Å². The largest absolute Gasteiger partial charge is 0.456 e. The lowest BCUT2D eigenvalue weighted by Gasteiger charge is -2.53. The molecule has 0 radical (unpaired) electrons. The van der Waals surface area contributed by atoms with Crippen LogP contribution in [0.1, 0.15) is 155 Å². The third-order valence-corrected chi connectivity index (χ3v) is 20.2. The summed E-state index contributed by atoms with van der Waals surface area (Å²) in [5.41, 5.74) is 27.2. The Labute approximate surface area is 464 Å². The van der Waals surface area contributed by atoms with Gasteiger partial charge in [-0.15, -0.1) is 0 Å². The molecule has 1 saturated carbocycles. The molecule has 4 nitrogen and oxygen atoms in total. The molecular weight excluding hydrogens is 946 g/mol. The number of para-hydroxylation sites is 1. The number of benzene rings is 8. The fraction of sp³-hybridized carbons (Fsp3) is 0.342. The van der Waals surface area contributed by atoms with Crippen molar-refractivity contribution < 1.29 is 4.42 Å². The Bertz CT molecular complexity index is 3960. The van der Waals surface area contributed by atoms with Gasteiger partial charge in [0, 0.05) is 61.6 Å². The number of anilines is 8. The second-order valence-corrected chi connectivity index (χ2v) is 28.0. The predicted molar refractivity (Wildman–Crippen MR) is 333 cm³/mol. The van der Waals surface area contributed by atoms with Crippen molar-refractivity contribution in [1.82, 2.24) is 0 Å². The second kappa shape index (κ2) is 16.5. The molecule has 392 valence electrons. The Morgan fingerprint density at radius 3 is 1.91 bits per heavy atom. The quantitative estimate of drug-likeness (QED) is 0.160. The molecule has 2 unspecified atom stereocenters. The summed E-state index contributed by atoms with van der Waals surface area (Å²) in [5, 5.41) is 2.24. The van der Waals surface area contributed by atoms with E-state index in [1.807, 2.05) is 0 Å². The molecule has 2 aliphatic carbocycles. The number of fused-ring (bicyclic) bond motifs is 12. The molecule has 1 aromatic heterocycles. The molecule has 9 aromatic rings. The Morgan fingerprint density at radius 2 is 1.15 bits per heavy atom. The van der Waals surface area contributed by atoms with Crippen molar-refractivity contribution in [3.05, 3.63) is 185 Å². The van der Waals surface area contributed by atoms with Crippen LogP contribution in [0.4, 0.5) is 45.5 Å². The van der Waals surface area contributed by atoms with Gasteiger partial charge < -0.3 is 19.1 Å². The highest BCUT2D eigenvalue weighted by molar-refractivity contribution is 7.00. The first-order valence-corrected chi connectivity index (χ1v) is 29.2. The zero-order chi connectivity index (χ0) is 54.2. The smallest absolute Gasteiger partial charge is 0.252 e. The van der Waals surface area contributed by atoms with Gasteiger partial charge in [-0.25, -0.2) is 0 Å². The number of furan rings is 1. The van der Waals surface area contributed by atoms with Gasteiger partial charge in [-0.3, -0.25) is 0 Å². The highest BCUT2D eigenvalue weighted by Gasteiger charge is 2.63. The third-order valence-electron chi connectivity index (χ3n) is 20.2. The molecule has 4 heterocycles. The number of hydrogen-bond donors (Lipinski definition) is 0. The molecule has 78 heavy (non-hydrogen) atoms. The summed E-state index contributed by atoms with van der Waals surface area (Å²) in [5.74, 6) is 0. The van der Waals surface area contributed by atoms with Crippen LogP contribution >= 0.6 is 0 Å². The van der Waals surface area contributed by atoms with Crippen LogP contribution in [-0.2, 0) is 27.1 Å². The second-order valence-electron chi connectivity index (χ2n) is 28.0. The van der Waals surface area contributed by atoms with E-state index in [1.54, 1.807) is 22.2 Å². The SMILES string of the molecule is Cc1cc2c3c(c1)N1c4c(cc5c(c4B3c3ccc(N(c4ccc(C(C)(C)C)cc4)c4ccc6oc7ccccc7c6c4)cc3N2c2ccc(C(C)(C)C)cc2-c2ccccc2)C(C)(C)CCC5(C)C)C2(C)CCCCC12C. The van der Waals surface area contributed by atoms with Gasteiger partial charge in [-0.05, 0) is 189 Å². The summed E-state index contributed by atoms with van der Waals surface area (Å²) in [6.45, 7) is 31.8. The predicted octanol–water partition coefficient (Wildman–Crippen LogP) is 18.3. The first-order valence-electron chi connectivity index (χ1n) is 29.2. The maximum absolute atomic E-state index is 6.48. The molecule has 5 aliphatic rings. The lowest BCUT2D eigenvalue weighted by Crippen LogP contribution is -2.66. The average molecular weight is 1020 g/mol. The van der Waals surface area contributed by atoms with Crippen molar-refractivity contribution in [3.8, 4) is 11.1 Å². The van der Waals surface area contributed by atoms with Crippen molar-refractivity contribution in [2.75, 3.05) is 14.7 Å². The highest BCUT2D eigenvalue weighted by atomic mass is 16.3. The molecule has 0 bridgehead atoms. The maximum atomic E-state index is 6.48. The Kier molecular flexibility index (Phi) is 10.5. The summed E-state index contributed by atoms with van der Waals surface area (Å²) in [7, 11) is 0. The summed E-state index contributed by atoms with van der Waals surface area (Å²) >= 11 is 0. The molecular formula is C73H76BN3O. The van der Waals surface area contributed by atoms with Gasteiger partial charge in [-0.1, -0.05) is 168 Å². The molecule has 0 N–H and O–H groups in total. The van der Waals surface area contributed by atoms with Crippen molar-refractivity contribution in [3.63, 3.8) is 0 Å². The molecule has 1 fully saturated rings. The Balaban J connectivity index is 1.11. The van der Waals surface area contributed by atoms with Crippen LogP contribution in [0.2, 0.25) is 0 Å². The fourth-order valence-corrected chi connectivity index (χ4v) is 15.5. The van der Waals surface area contributed by atoms with Crippen LogP contribution < -0.4 is 31.1 Å². The van der Waals surface area contributed by atoms with Gasteiger partial charge >= 0.3 is 0 Å². The highest BCUT2D eigenvalue weighted by Crippen LogP contribution is 2.64. The standard InChI is InChI=1S/C73H76BN3O/c1-45-39-60-65-61(40-45)77-67-56(72(12)35-19-20-36-73(72,77)13)44-55-64(71(10,11)38-37-70(55,8)9)66(67)74(65)57-32-30-51(43-59(57)76(60)58-33-27-48(69(5,6)7)41-53(58)46-21-15-14-16-22-46)75(49-28-25-47(26-29-49)68(2,3)4)50-31-34-63-54(42-50)52-23-17-18-24-62(52)78-63/h14-18,21-34,39-44H,19-20,35-38H2,1-13H3. The summed E-state index contributed by atoms with van der Waals surface area (Å²) in [6.07, 6.45) is 7.23. The summed E-state index contributed by atoms with van der Waals surface area (Å²) < 4.78 is 6.48. The van der Waals surface area contributed by atoms with Crippen LogP contribution in [0.3, 0.4) is 0 Å². The normalized spacial score (nSPS) is 20.6. The van der Waals surface area contributed by atoms with Gasteiger partial charge in [0.2, 0.25) is 0 Å². The Hall–Kier alpha value is -6.98. The molecule has 0 amide bonds. The summed E-state index contributed by atoms with van der Waals surface area (Å²) in [6, 6.07) is 58.5. The van der Waals surface area contributed by atoms with Gasteiger partial charge in [-0.2, -0.15) is 0 Å². The lowest BCUT2D eigenvalue weighted by atomic mass is 9.31. The van der Waals surface area contributed by atoms with E-state index in [0.29, 0.717) is 0 Å².